The topological polar surface area (TPSA) is 42.0 Å². The van der Waals surface area contributed by atoms with E-state index in [1.54, 1.807) is 14.2 Å². The number of methoxy groups -OCH3 is 2. The third-order valence-electron chi connectivity index (χ3n) is 5.86. The smallest absolute Gasteiger partial charge is 0.224 e. The number of piperidine rings is 1. The average molecular weight is 360 g/mol. The van der Waals surface area contributed by atoms with E-state index in [0.29, 0.717) is 18.4 Å². The summed E-state index contributed by atoms with van der Waals surface area (Å²) < 4.78 is 10.8. The SMILES string of the molecule is CCC1CCCCN1C(=O)CCN1CCc2cc(OC)c(OC)cc2C1. The number of benzene rings is 1. The minimum absolute atomic E-state index is 0.328. The Balaban J connectivity index is 1.58. The van der Waals surface area contributed by atoms with Crippen molar-refractivity contribution < 1.29 is 14.3 Å². The van der Waals surface area contributed by atoms with E-state index in [2.05, 4.69) is 28.9 Å². The van der Waals surface area contributed by atoms with Crippen molar-refractivity contribution in [2.24, 2.45) is 0 Å². The van der Waals surface area contributed by atoms with Gasteiger partial charge in [-0.2, -0.15) is 0 Å². The molecule has 0 aromatic heterocycles. The molecule has 1 saturated heterocycles. The van der Waals surface area contributed by atoms with Gasteiger partial charge in [0.25, 0.3) is 0 Å². The van der Waals surface area contributed by atoms with Gasteiger partial charge in [-0.1, -0.05) is 6.92 Å². The standard InChI is InChI=1S/C21H32N2O3/c1-4-18-7-5-6-10-23(18)21(24)9-12-22-11-8-16-13-19(25-2)20(26-3)14-17(16)15-22/h13-14,18H,4-12,15H2,1-3H3. The van der Waals surface area contributed by atoms with Gasteiger partial charge in [-0.25, -0.2) is 0 Å². The van der Waals surface area contributed by atoms with Gasteiger partial charge in [0.1, 0.15) is 0 Å². The molecule has 1 fully saturated rings. The molecule has 2 heterocycles. The van der Waals surface area contributed by atoms with Gasteiger partial charge >= 0.3 is 0 Å². The van der Waals surface area contributed by atoms with E-state index < -0.39 is 0 Å². The highest BCUT2D eigenvalue weighted by Crippen LogP contribution is 2.33. The molecule has 2 aliphatic rings. The van der Waals surface area contributed by atoms with Gasteiger partial charge in [0.2, 0.25) is 5.91 Å². The molecule has 0 saturated carbocycles. The number of likely N-dealkylation sites (tertiary alicyclic amines) is 1. The number of fused-ring (bicyclic) bond motifs is 1. The Morgan fingerprint density at radius 3 is 2.54 bits per heavy atom. The van der Waals surface area contributed by atoms with E-state index in [0.717, 1.165) is 56.9 Å². The molecule has 5 heteroatoms. The highest BCUT2D eigenvalue weighted by Gasteiger charge is 2.26. The molecule has 0 aliphatic carbocycles. The molecule has 3 rings (SSSR count). The van der Waals surface area contributed by atoms with Gasteiger partial charge < -0.3 is 14.4 Å². The quantitative estimate of drug-likeness (QED) is 0.781. The van der Waals surface area contributed by atoms with Gasteiger partial charge in [-0.3, -0.25) is 9.69 Å². The fourth-order valence-corrected chi connectivity index (χ4v) is 4.28. The normalized spacial score (nSPS) is 20.6. The van der Waals surface area contributed by atoms with Crippen LogP contribution in [0.1, 0.15) is 50.2 Å². The van der Waals surface area contributed by atoms with Crippen LogP contribution in [-0.2, 0) is 17.8 Å². The Labute approximate surface area is 157 Å². The number of hydrogen-bond donors (Lipinski definition) is 0. The first-order valence-corrected chi connectivity index (χ1v) is 9.91. The van der Waals surface area contributed by atoms with Crippen molar-refractivity contribution in [1.29, 1.82) is 0 Å². The number of nitrogens with zero attached hydrogens (tertiary/aromatic N) is 2. The van der Waals surface area contributed by atoms with Crippen LogP contribution >= 0.6 is 0 Å². The minimum atomic E-state index is 0.328. The van der Waals surface area contributed by atoms with E-state index >= 15 is 0 Å². The Bertz CT molecular complexity index is 632. The summed E-state index contributed by atoms with van der Waals surface area (Å²) in [4.78, 5) is 17.2. The molecule has 26 heavy (non-hydrogen) atoms. The molecular formula is C21H32N2O3. The summed E-state index contributed by atoms with van der Waals surface area (Å²) in [6.45, 7) is 5.84. The lowest BCUT2D eigenvalue weighted by Crippen LogP contribution is -2.44. The van der Waals surface area contributed by atoms with Gasteiger partial charge in [0.05, 0.1) is 14.2 Å². The molecule has 5 nitrogen and oxygen atoms in total. The molecular weight excluding hydrogens is 328 g/mol. The lowest BCUT2D eigenvalue weighted by Gasteiger charge is -2.36. The van der Waals surface area contributed by atoms with Crippen molar-refractivity contribution in [3.05, 3.63) is 23.3 Å². The summed E-state index contributed by atoms with van der Waals surface area (Å²) >= 11 is 0. The number of carbonyl (C=O) groups excluding carboxylic acids is 1. The van der Waals surface area contributed by atoms with Crippen molar-refractivity contribution >= 4 is 5.91 Å². The van der Waals surface area contributed by atoms with Crippen LogP contribution in [0, 0.1) is 0 Å². The fourth-order valence-electron chi connectivity index (χ4n) is 4.28. The second kappa shape index (κ2) is 8.76. The molecule has 1 aromatic carbocycles. The largest absolute Gasteiger partial charge is 0.493 e. The van der Waals surface area contributed by atoms with Crippen LogP contribution in [-0.4, -0.2) is 55.6 Å². The van der Waals surface area contributed by atoms with E-state index in [-0.39, 0.29) is 0 Å². The maximum Gasteiger partial charge on any atom is 0.224 e. The molecule has 0 N–H and O–H groups in total. The lowest BCUT2D eigenvalue weighted by molar-refractivity contribution is -0.135. The van der Waals surface area contributed by atoms with Crippen molar-refractivity contribution in [2.75, 3.05) is 33.9 Å². The molecule has 0 bridgehead atoms. The minimum Gasteiger partial charge on any atom is -0.493 e. The first-order valence-electron chi connectivity index (χ1n) is 9.91. The molecule has 144 valence electrons. The summed E-state index contributed by atoms with van der Waals surface area (Å²) in [7, 11) is 3.35. The molecule has 1 aromatic rings. The predicted octanol–water partition coefficient (Wildman–Crippen LogP) is 3.24. The molecule has 1 atom stereocenters. The zero-order valence-electron chi connectivity index (χ0n) is 16.4. The van der Waals surface area contributed by atoms with Crippen LogP contribution in [0.4, 0.5) is 0 Å². The van der Waals surface area contributed by atoms with Crippen LogP contribution in [0.2, 0.25) is 0 Å². The predicted molar refractivity (Wildman–Crippen MR) is 103 cm³/mol. The van der Waals surface area contributed by atoms with Crippen LogP contribution in [0.5, 0.6) is 11.5 Å². The summed E-state index contributed by atoms with van der Waals surface area (Å²) in [6.07, 6.45) is 6.27. The van der Waals surface area contributed by atoms with Crippen molar-refractivity contribution in [3.8, 4) is 11.5 Å². The monoisotopic (exact) mass is 360 g/mol. The Morgan fingerprint density at radius 2 is 1.85 bits per heavy atom. The maximum absolute atomic E-state index is 12.7. The van der Waals surface area contributed by atoms with Gasteiger partial charge in [0.15, 0.2) is 11.5 Å². The Kier molecular flexibility index (Phi) is 6.41. The zero-order chi connectivity index (χ0) is 18.5. The fraction of sp³-hybridized carbons (Fsp3) is 0.667. The zero-order valence-corrected chi connectivity index (χ0v) is 16.4. The van der Waals surface area contributed by atoms with Crippen molar-refractivity contribution in [2.45, 2.75) is 58.0 Å². The van der Waals surface area contributed by atoms with Gasteiger partial charge in [0, 0.05) is 38.6 Å². The Hall–Kier alpha value is -1.75. The van der Waals surface area contributed by atoms with Crippen LogP contribution in [0.25, 0.3) is 0 Å². The van der Waals surface area contributed by atoms with E-state index in [9.17, 15) is 4.79 Å². The first-order chi connectivity index (χ1) is 12.7. The molecule has 2 aliphatic heterocycles. The third-order valence-corrected chi connectivity index (χ3v) is 5.86. The number of hydrogen-bond acceptors (Lipinski definition) is 4. The Morgan fingerprint density at radius 1 is 1.12 bits per heavy atom. The molecule has 1 unspecified atom stereocenters. The number of ether oxygens (including phenoxy) is 2. The third kappa shape index (κ3) is 4.14. The van der Waals surface area contributed by atoms with E-state index in [1.165, 1.54) is 24.0 Å². The number of amides is 1. The van der Waals surface area contributed by atoms with E-state index in [4.69, 9.17) is 9.47 Å². The molecule has 0 spiro atoms. The second-order valence-electron chi connectivity index (χ2n) is 7.40. The van der Waals surface area contributed by atoms with Crippen LogP contribution in [0.3, 0.4) is 0 Å². The molecule has 1 amide bonds. The second-order valence-corrected chi connectivity index (χ2v) is 7.40. The van der Waals surface area contributed by atoms with Crippen molar-refractivity contribution in [3.63, 3.8) is 0 Å². The summed E-state index contributed by atoms with van der Waals surface area (Å²) in [5.41, 5.74) is 2.61. The van der Waals surface area contributed by atoms with E-state index in [1.807, 2.05) is 0 Å². The average Bonchev–Trinajstić information content (AvgIpc) is 2.70. The summed E-state index contributed by atoms with van der Waals surface area (Å²) in [5.74, 6) is 1.91. The number of rotatable bonds is 6. The highest BCUT2D eigenvalue weighted by molar-refractivity contribution is 5.76. The van der Waals surface area contributed by atoms with Crippen molar-refractivity contribution in [1.82, 2.24) is 9.80 Å². The van der Waals surface area contributed by atoms with Gasteiger partial charge in [-0.15, -0.1) is 0 Å². The number of carbonyl (C=O) groups is 1. The van der Waals surface area contributed by atoms with Crippen LogP contribution < -0.4 is 9.47 Å². The van der Waals surface area contributed by atoms with Crippen LogP contribution in [0.15, 0.2) is 12.1 Å². The lowest BCUT2D eigenvalue weighted by atomic mass is 9.98. The van der Waals surface area contributed by atoms with Gasteiger partial charge in [-0.05, 0) is 55.4 Å². The maximum atomic E-state index is 12.7. The highest BCUT2D eigenvalue weighted by atomic mass is 16.5. The molecule has 0 radical (unpaired) electrons. The first kappa shape index (κ1) is 19.0. The summed E-state index contributed by atoms with van der Waals surface area (Å²) in [5, 5.41) is 0. The summed E-state index contributed by atoms with van der Waals surface area (Å²) in [6, 6.07) is 4.63.